The lowest BCUT2D eigenvalue weighted by Gasteiger charge is -2.16. The van der Waals surface area contributed by atoms with Crippen LogP contribution >= 0.6 is 0 Å². The lowest BCUT2D eigenvalue weighted by Crippen LogP contribution is -2.24. The maximum atomic E-state index is 15.1. The van der Waals surface area contributed by atoms with Crippen LogP contribution in [0.25, 0.3) is 33.3 Å². The Bertz CT molecular complexity index is 2090. The first-order valence-electron chi connectivity index (χ1n) is 13.8. The van der Waals surface area contributed by atoms with E-state index in [1.165, 1.54) is 25.4 Å². The summed E-state index contributed by atoms with van der Waals surface area (Å²) in [5, 5.41) is 30.4. The van der Waals surface area contributed by atoms with Crippen molar-refractivity contribution in [2.24, 2.45) is 7.05 Å². The van der Waals surface area contributed by atoms with E-state index in [1.54, 1.807) is 56.4 Å². The second-order valence-electron chi connectivity index (χ2n) is 10.6. The van der Waals surface area contributed by atoms with Crippen molar-refractivity contribution in [1.82, 2.24) is 34.7 Å². The Balaban J connectivity index is 1.53. The number of allylic oxidation sites excluding steroid dienone is 2. The highest BCUT2D eigenvalue weighted by molar-refractivity contribution is 5.85. The lowest BCUT2D eigenvalue weighted by atomic mass is 10.0. The van der Waals surface area contributed by atoms with Crippen LogP contribution in [0.2, 0.25) is 0 Å². The molecule has 12 nitrogen and oxygen atoms in total. The van der Waals surface area contributed by atoms with E-state index >= 15 is 4.39 Å². The number of anilines is 2. The van der Waals surface area contributed by atoms with Gasteiger partial charge < -0.3 is 20.1 Å². The molecule has 0 atom stereocenters. The first kappa shape index (κ1) is 30.8. The van der Waals surface area contributed by atoms with E-state index in [-0.39, 0.29) is 28.5 Å². The van der Waals surface area contributed by atoms with Gasteiger partial charge in [-0.2, -0.15) is 14.9 Å². The third kappa shape index (κ3) is 6.33. The number of nitrogens with zero attached hydrogens (tertiary/aromatic N) is 7. The van der Waals surface area contributed by atoms with Gasteiger partial charge in [-0.05, 0) is 49.7 Å². The summed E-state index contributed by atoms with van der Waals surface area (Å²) >= 11 is 0. The molecular weight excluding hydrogens is 579 g/mol. The molecule has 2 N–H and O–H groups in total. The van der Waals surface area contributed by atoms with Gasteiger partial charge >= 0.3 is 0 Å². The summed E-state index contributed by atoms with van der Waals surface area (Å²) in [5.74, 6) is 0.475. The van der Waals surface area contributed by atoms with Gasteiger partial charge in [0.15, 0.2) is 5.82 Å². The summed E-state index contributed by atoms with van der Waals surface area (Å²) in [5.41, 5.74) is 1.48. The molecule has 0 aliphatic carbocycles. The topological polar surface area (TPSA) is 140 Å². The predicted octanol–water partition coefficient (Wildman–Crippen LogP) is 4.15. The molecule has 13 heteroatoms. The fourth-order valence-corrected chi connectivity index (χ4v) is 4.79. The zero-order valence-corrected chi connectivity index (χ0v) is 25.4. The average molecular weight is 611 g/mol. The first-order chi connectivity index (χ1) is 21.5. The molecule has 0 amide bonds. The Morgan fingerprint density at radius 3 is 2.56 bits per heavy atom. The van der Waals surface area contributed by atoms with Crippen LogP contribution in [0.3, 0.4) is 0 Å². The van der Waals surface area contributed by atoms with E-state index in [0.717, 1.165) is 9.36 Å². The van der Waals surface area contributed by atoms with E-state index < -0.39 is 23.5 Å². The van der Waals surface area contributed by atoms with Crippen molar-refractivity contribution in [3.05, 3.63) is 111 Å². The number of ether oxygens (including phenoxy) is 1. The molecule has 0 aliphatic rings. The molecule has 0 unspecified atom stereocenters. The molecule has 3 heterocycles. The van der Waals surface area contributed by atoms with Crippen LogP contribution in [0.1, 0.15) is 25.0 Å². The monoisotopic (exact) mass is 610 g/mol. The Morgan fingerprint density at radius 1 is 1.11 bits per heavy atom. The summed E-state index contributed by atoms with van der Waals surface area (Å²) in [6.07, 6.45) is 3.18. The number of aryl methyl sites for hydroxylation is 1. The number of hydrogen-bond donors (Lipinski definition) is 2. The zero-order chi connectivity index (χ0) is 32.4. The predicted molar refractivity (Wildman–Crippen MR) is 170 cm³/mol. The summed E-state index contributed by atoms with van der Waals surface area (Å²) in [4.78, 5) is 28.3. The molecule has 0 aliphatic heterocycles. The largest absolute Gasteiger partial charge is 0.441 e. The van der Waals surface area contributed by atoms with Gasteiger partial charge in [-0.3, -0.25) is 9.59 Å². The molecule has 0 fully saturated rings. The van der Waals surface area contributed by atoms with Crippen molar-refractivity contribution in [2.45, 2.75) is 20.5 Å². The number of aliphatic hydroxyl groups excluding tert-OH is 1. The Morgan fingerprint density at radius 2 is 1.89 bits per heavy atom. The minimum atomic E-state index is -0.702. The number of nitrogens with one attached hydrogen (secondary N) is 1. The van der Waals surface area contributed by atoms with Crippen molar-refractivity contribution < 1.29 is 14.2 Å². The fraction of sp³-hybridized carbons (Fsp3) is 0.188. The van der Waals surface area contributed by atoms with Gasteiger partial charge in [0.2, 0.25) is 5.88 Å². The third-order valence-corrected chi connectivity index (χ3v) is 6.82. The van der Waals surface area contributed by atoms with Crippen LogP contribution < -0.4 is 21.2 Å². The molecule has 0 bridgehead atoms. The van der Waals surface area contributed by atoms with Crippen molar-refractivity contribution in [1.29, 1.82) is 0 Å². The second-order valence-corrected chi connectivity index (χ2v) is 10.6. The molecule has 5 aromatic rings. The molecule has 0 saturated heterocycles. The normalized spacial score (nSPS) is 11.5. The highest BCUT2D eigenvalue weighted by Crippen LogP contribution is 2.29. The van der Waals surface area contributed by atoms with E-state index in [2.05, 4.69) is 32.3 Å². The molecular formula is C32H31FN8O4. The van der Waals surface area contributed by atoms with Gasteiger partial charge in [0, 0.05) is 49.9 Å². The van der Waals surface area contributed by atoms with Crippen molar-refractivity contribution >= 4 is 27.9 Å². The summed E-state index contributed by atoms with van der Waals surface area (Å²) in [7, 11) is 5.23. The molecule has 0 spiro atoms. The van der Waals surface area contributed by atoms with Crippen LogP contribution in [0.4, 0.5) is 15.9 Å². The quantitative estimate of drug-likeness (QED) is 0.234. The van der Waals surface area contributed by atoms with E-state index in [1.807, 2.05) is 19.0 Å². The number of rotatable bonds is 9. The van der Waals surface area contributed by atoms with Gasteiger partial charge in [0.1, 0.15) is 17.3 Å². The highest BCUT2D eigenvalue weighted by Gasteiger charge is 2.19. The van der Waals surface area contributed by atoms with Gasteiger partial charge in [0.05, 0.1) is 29.6 Å². The zero-order valence-electron chi connectivity index (χ0n) is 25.4. The Hall–Kier alpha value is -5.69. The third-order valence-electron chi connectivity index (χ3n) is 6.82. The molecule has 0 saturated carbocycles. The van der Waals surface area contributed by atoms with Crippen LogP contribution in [0, 0.1) is 5.82 Å². The standard InChI is InChI=1S/C32H31FN8O4/c1-18(2)20-12-21-15-34-41(32(44)30(21)24(33)13-20)27-9-7-8-22(23(27)17-42)25-14-26(31(43)40(6)38-25)35-28-10-11-29(37-36-28)45-19(3)16-39(4)5/h7-16,42H,1,17H2,2-6H3,(H,35,36)/b19-16-. The van der Waals surface area contributed by atoms with Gasteiger partial charge in [-0.25, -0.2) is 9.07 Å². The minimum absolute atomic E-state index is 0.139. The van der Waals surface area contributed by atoms with Crippen LogP contribution in [0.15, 0.2) is 82.9 Å². The number of benzene rings is 2. The lowest BCUT2D eigenvalue weighted by molar-refractivity contribution is 0.281. The number of hydrogen-bond acceptors (Lipinski definition) is 10. The number of fused-ring (bicyclic) bond motifs is 1. The second kappa shape index (κ2) is 12.5. The van der Waals surface area contributed by atoms with Gasteiger partial charge in [-0.1, -0.05) is 24.3 Å². The SMILES string of the molecule is C=C(C)c1cc(F)c2c(=O)n(-c3cccc(-c4cc(Nc5ccc(O/C(C)=C\N(C)C)nn5)c(=O)n(C)n4)c3CO)ncc2c1. The van der Waals surface area contributed by atoms with Gasteiger partial charge in [-0.15, -0.1) is 10.2 Å². The fourth-order valence-electron chi connectivity index (χ4n) is 4.79. The summed E-state index contributed by atoms with van der Waals surface area (Å²) in [6, 6.07) is 12.6. The van der Waals surface area contributed by atoms with Crippen LogP contribution in [0.5, 0.6) is 5.88 Å². The Kier molecular flexibility index (Phi) is 8.55. The number of aromatic nitrogens is 6. The highest BCUT2D eigenvalue weighted by atomic mass is 19.1. The molecule has 5 rings (SSSR count). The number of halogens is 1. The van der Waals surface area contributed by atoms with Crippen molar-refractivity contribution in [3.8, 4) is 22.8 Å². The summed E-state index contributed by atoms with van der Waals surface area (Å²) < 4.78 is 22.9. The van der Waals surface area contributed by atoms with Crippen molar-refractivity contribution in [3.63, 3.8) is 0 Å². The van der Waals surface area contributed by atoms with Crippen LogP contribution in [-0.2, 0) is 13.7 Å². The maximum Gasteiger partial charge on any atom is 0.290 e. The van der Waals surface area contributed by atoms with Crippen LogP contribution in [-0.4, -0.2) is 53.9 Å². The van der Waals surface area contributed by atoms with E-state index in [0.29, 0.717) is 39.1 Å². The smallest absolute Gasteiger partial charge is 0.290 e. The van der Waals surface area contributed by atoms with Gasteiger partial charge in [0.25, 0.3) is 11.1 Å². The average Bonchev–Trinajstić information content (AvgIpc) is 2.99. The molecule has 3 aromatic heterocycles. The maximum absolute atomic E-state index is 15.1. The molecule has 45 heavy (non-hydrogen) atoms. The molecule has 0 radical (unpaired) electrons. The first-order valence-corrected chi connectivity index (χ1v) is 13.8. The number of aliphatic hydroxyl groups is 1. The Labute approximate surface area is 257 Å². The van der Waals surface area contributed by atoms with Crippen molar-refractivity contribution in [2.75, 3.05) is 19.4 Å². The summed E-state index contributed by atoms with van der Waals surface area (Å²) in [6.45, 7) is 6.87. The minimum Gasteiger partial charge on any atom is -0.441 e. The molecule has 2 aromatic carbocycles. The van der Waals surface area contributed by atoms with E-state index in [4.69, 9.17) is 4.74 Å². The molecule has 230 valence electrons. The van der Waals surface area contributed by atoms with E-state index in [9.17, 15) is 14.7 Å².